The lowest BCUT2D eigenvalue weighted by molar-refractivity contribution is 1.41. The summed E-state index contributed by atoms with van der Waals surface area (Å²) in [5, 5.41) is 1.08. The average Bonchev–Trinajstić information content (AvgIpc) is 2.86. The maximum absolute atomic E-state index is 4.55. The first-order chi connectivity index (χ1) is 6.93. The van der Waals surface area contributed by atoms with Crippen molar-refractivity contribution in [3.05, 3.63) is 42.7 Å². The molecule has 2 heterocycles. The third kappa shape index (κ3) is 1.14. The highest BCUT2D eigenvalue weighted by Crippen LogP contribution is 2.29. The Balaban J connectivity index is 2.24. The third-order valence-corrected chi connectivity index (χ3v) is 3.22. The molecule has 0 aliphatic carbocycles. The minimum absolute atomic E-state index is 1.08. The van der Waals surface area contributed by atoms with E-state index in [4.69, 9.17) is 0 Å². The van der Waals surface area contributed by atoms with Gasteiger partial charge >= 0.3 is 0 Å². The fourth-order valence-corrected chi connectivity index (χ4v) is 2.41. The number of benzene rings is 1. The number of rotatable bonds is 1. The molecule has 3 aromatic rings. The molecular formula is C11H8N2S. The SMILES string of the molecule is c1ccc2sc(-c3cc[nH]c3)nc2c1. The Labute approximate surface area is 85.2 Å². The van der Waals surface area contributed by atoms with Crippen LogP contribution in [0.15, 0.2) is 42.7 Å². The van der Waals surface area contributed by atoms with Crippen molar-refractivity contribution in [2.45, 2.75) is 0 Å². The minimum Gasteiger partial charge on any atom is -0.367 e. The van der Waals surface area contributed by atoms with Crippen molar-refractivity contribution >= 4 is 21.6 Å². The highest BCUT2D eigenvalue weighted by Gasteiger charge is 2.04. The van der Waals surface area contributed by atoms with E-state index in [0.29, 0.717) is 0 Å². The maximum Gasteiger partial charge on any atom is 0.126 e. The number of thiazole rings is 1. The second-order valence-electron chi connectivity index (χ2n) is 3.09. The molecule has 0 fully saturated rings. The van der Waals surface area contributed by atoms with E-state index in [0.717, 1.165) is 16.1 Å². The number of nitrogens with zero attached hydrogens (tertiary/aromatic N) is 1. The molecule has 0 aliphatic heterocycles. The lowest BCUT2D eigenvalue weighted by atomic mass is 10.3. The van der Waals surface area contributed by atoms with E-state index in [2.05, 4.69) is 16.0 Å². The smallest absolute Gasteiger partial charge is 0.126 e. The van der Waals surface area contributed by atoms with Crippen molar-refractivity contribution < 1.29 is 0 Å². The monoisotopic (exact) mass is 200 g/mol. The molecule has 2 aromatic heterocycles. The van der Waals surface area contributed by atoms with Crippen LogP contribution in [0.4, 0.5) is 0 Å². The van der Waals surface area contributed by atoms with Crippen molar-refractivity contribution in [2.24, 2.45) is 0 Å². The number of fused-ring (bicyclic) bond motifs is 1. The van der Waals surface area contributed by atoms with Gasteiger partial charge in [0.15, 0.2) is 0 Å². The first-order valence-corrected chi connectivity index (χ1v) is 5.24. The zero-order valence-electron chi connectivity index (χ0n) is 7.40. The summed E-state index contributed by atoms with van der Waals surface area (Å²) >= 11 is 1.72. The molecule has 0 bridgehead atoms. The number of hydrogen-bond donors (Lipinski definition) is 1. The van der Waals surface area contributed by atoms with Crippen LogP contribution in [-0.2, 0) is 0 Å². The van der Waals surface area contributed by atoms with Gasteiger partial charge in [0.05, 0.1) is 10.2 Å². The van der Waals surface area contributed by atoms with Crippen LogP contribution in [0, 0.1) is 0 Å². The third-order valence-electron chi connectivity index (χ3n) is 2.14. The summed E-state index contributed by atoms with van der Waals surface area (Å²) in [6.07, 6.45) is 3.89. The van der Waals surface area contributed by atoms with E-state index >= 15 is 0 Å². The lowest BCUT2D eigenvalue weighted by Crippen LogP contribution is -1.69. The lowest BCUT2D eigenvalue weighted by Gasteiger charge is -1.84. The van der Waals surface area contributed by atoms with Crippen molar-refractivity contribution in [2.75, 3.05) is 0 Å². The summed E-state index contributed by atoms with van der Waals surface area (Å²) in [5.41, 5.74) is 2.24. The Hall–Kier alpha value is -1.61. The number of nitrogens with one attached hydrogen (secondary N) is 1. The standard InChI is InChI=1S/C11H8N2S/c1-2-4-10-9(3-1)13-11(14-10)8-5-6-12-7-8/h1-7,12H. The second-order valence-corrected chi connectivity index (χ2v) is 4.12. The molecule has 0 aliphatic rings. The number of aromatic nitrogens is 2. The molecule has 68 valence electrons. The molecule has 0 unspecified atom stereocenters. The molecule has 0 spiro atoms. The van der Waals surface area contributed by atoms with Crippen LogP contribution in [-0.4, -0.2) is 9.97 Å². The van der Waals surface area contributed by atoms with Gasteiger partial charge in [0.2, 0.25) is 0 Å². The molecule has 2 nitrogen and oxygen atoms in total. The van der Waals surface area contributed by atoms with Crippen molar-refractivity contribution in [1.82, 2.24) is 9.97 Å². The first kappa shape index (κ1) is 7.76. The quantitative estimate of drug-likeness (QED) is 0.641. The number of H-pyrrole nitrogens is 1. The van der Waals surface area contributed by atoms with Crippen molar-refractivity contribution in [3.8, 4) is 10.6 Å². The largest absolute Gasteiger partial charge is 0.367 e. The van der Waals surface area contributed by atoms with Gasteiger partial charge < -0.3 is 4.98 Å². The summed E-state index contributed by atoms with van der Waals surface area (Å²) in [4.78, 5) is 7.59. The second kappa shape index (κ2) is 2.96. The van der Waals surface area contributed by atoms with Gasteiger partial charge in [-0.2, -0.15) is 0 Å². The minimum atomic E-state index is 1.08. The Morgan fingerprint density at radius 3 is 2.86 bits per heavy atom. The van der Waals surface area contributed by atoms with Crippen LogP contribution >= 0.6 is 11.3 Å². The first-order valence-electron chi connectivity index (χ1n) is 4.42. The van der Waals surface area contributed by atoms with Crippen LogP contribution in [0.2, 0.25) is 0 Å². The molecule has 0 saturated carbocycles. The zero-order valence-corrected chi connectivity index (χ0v) is 8.21. The van der Waals surface area contributed by atoms with E-state index in [9.17, 15) is 0 Å². The van der Waals surface area contributed by atoms with Gasteiger partial charge in [0.25, 0.3) is 0 Å². The molecule has 3 heteroatoms. The Morgan fingerprint density at radius 1 is 1.14 bits per heavy atom. The molecule has 0 atom stereocenters. The van der Waals surface area contributed by atoms with Crippen molar-refractivity contribution in [1.29, 1.82) is 0 Å². The normalized spacial score (nSPS) is 10.9. The van der Waals surface area contributed by atoms with Gasteiger partial charge in [-0.15, -0.1) is 11.3 Å². The van der Waals surface area contributed by atoms with E-state index in [-0.39, 0.29) is 0 Å². The fourth-order valence-electron chi connectivity index (χ4n) is 1.45. The van der Waals surface area contributed by atoms with Crippen LogP contribution in [0.1, 0.15) is 0 Å². The Morgan fingerprint density at radius 2 is 2.07 bits per heavy atom. The van der Waals surface area contributed by atoms with E-state index in [1.54, 1.807) is 11.3 Å². The molecule has 0 amide bonds. The van der Waals surface area contributed by atoms with Crippen LogP contribution in [0.5, 0.6) is 0 Å². The summed E-state index contributed by atoms with van der Waals surface area (Å²) in [5.74, 6) is 0. The number of aromatic amines is 1. The topological polar surface area (TPSA) is 28.7 Å². The summed E-state index contributed by atoms with van der Waals surface area (Å²) in [6.45, 7) is 0. The number of hydrogen-bond acceptors (Lipinski definition) is 2. The predicted octanol–water partition coefficient (Wildman–Crippen LogP) is 3.29. The van der Waals surface area contributed by atoms with Crippen LogP contribution in [0.3, 0.4) is 0 Å². The van der Waals surface area contributed by atoms with E-state index in [1.807, 2.05) is 36.7 Å². The van der Waals surface area contributed by atoms with Crippen LogP contribution in [0.25, 0.3) is 20.8 Å². The summed E-state index contributed by atoms with van der Waals surface area (Å²) in [7, 11) is 0. The predicted molar refractivity (Wildman–Crippen MR) is 59.4 cm³/mol. The molecule has 0 saturated heterocycles. The zero-order chi connectivity index (χ0) is 9.38. The van der Waals surface area contributed by atoms with Gasteiger partial charge in [-0.25, -0.2) is 4.98 Å². The molecule has 3 rings (SSSR count). The fraction of sp³-hybridized carbons (Fsp3) is 0. The molecular weight excluding hydrogens is 192 g/mol. The van der Waals surface area contributed by atoms with E-state index < -0.39 is 0 Å². The molecule has 1 aromatic carbocycles. The van der Waals surface area contributed by atoms with Gasteiger partial charge in [0.1, 0.15) is 5.01 Å². The Bertz CT molecular complexity index is 518. The highest BCUT2D eigenvalue weighted by molar-refractivity contribution is 7.21. The van der Waals surface area contributed by atoms with Gasteiger partial charge in [0, 0.05) is 18.0 Å². The van der Waals surface area contributed by atoms with Crippen molar-refractivity contribution in [3.63, 3.8) is 0 Å². The molecule has 0 radical (unpaired) electrons. The Kier molecular flexibility index (Phi) is 1.64. The highest BCUT2D eigenvalue weighted by atomic mass is 32.1. The molecule has 1 N–H and O–H groups in total. The maximum atomic E-state index is 4.55. The summed E-state index contributed by atoms with van der Waals surface area (Å²) < 4.78 is 1.24. The van der Waals surface area contributed by atoms with Gasteiger partial charge in [-0.05, 0) is 18.2 Å². The average molecular weight is 200 g/mol. The van der Waals surface area contributed by atoms with Gasteiger partial charge in [-0.1, -0.05) is 12.1 Å². The van der Waals surface area contributed by atoms with E-state index in [1.165, 1.54) is 4.70 Å². The molecule has 14 heavy (non-hydrogen) atoms. The van der Waals surface area contributed by atoms with Gasteiger partial charge in [-0.3, -0.25) is 0 Å². The number of para-hydroxylation sites is 1. The summed E-state index contributed by atoms with van der Waals surface area (Å²) in [6, 6.07) is 10.2. The van der Waals surface area contributed by atoms with Crippen LogP contribution < -0.4 is 0 Å².